The Morgan fingerprint density at radius 1 is 1.18 bits per heavy atom. The molecule has 1 aliphatic rings. The van der Waals surface area contributed by atoms with Gasteiger partial charge in [-0.05, 0) is 49.7 Å². The molecule has 1 atom stereocenters. The molecule has 1 fully saturated rings. The number of nitrogens with one attached hydrogen (secondary N) is 1. The molecule has 2 aromatic heterocycles. The van der Waals surface area contributed by atoms with Gasteiger partial charge in [0, 0.05) is 48.3 Å². The van der Waals surface area contributed by atoms with E-state index in [1.165, 1.54) is 0 Å². The molecule has 3 heterocycles. The minimum Gasteiger partial charge on any atom is -0.492 e. The number of pyridine rings is 2. The highest BCUT2D eigenvalue weighted by Crippen LogP contribution is 2.32. The first kappa shape index (κ1) is 18.2. The second kappa shape index (κ2) is 7.84. The maximum atomic E-state index is 11.4. The van der Waals surface area contributed by atoms with Crippen LogP contribution in [-0.4, -0.2) is 35.1 Å². The van der Waals surface area contributed by atoms with Gasteiger partial charge < -0.3 is 14.8 Å². The number of fused-ring (bicyclic) bond motifs is 1. The fraction of sp³-hybridized carbons (Fsp3) is 0.318. The van der Waals surface area contributed by atoms with Gasteiger partial charge in [0.25, 0.3) is 0 Å². The van der Waals surface area contributed by atoms with Gasteiger partial charge in [0.05, 0.1) is 18.2 Å². The van der Waals surface area contributed by atoms with Crippen LogP contribution in [0.15, 0.2) is 48.8 Å². The first-order valence-corrected chi connectivity index (χ1v) is 9.50. The van der Waals surface area contributed by atoms with Crippen LogP contribution in [0.1, 0.15) is 20.3 Å². The van der Waals surface area contributed by atoms with E-state index in [-0.39, 0.29) is 17.9 Å². The molecule has 6 heteroatoms. The van der Waals surface area contributed by atoms with Crippen molar-refractivity contribution in [1.29, 1.82) is 0 Å². The molecule has 0 bridgehead atoms. The summed E-state index contributed by atoms with van der Waals surface area (Å²) in [7, 11) is 0. The predicted molar refractivity (Wildman–Crippen MR) is 107 cm³/mol. The molecule has 1 N–H and O–H groups in total. The van der Waals surface area contributed by atoms with E-state index >= 15 is 0 Å². The number of benzene rings is 1. The fourth-order valence-electron chi connectivity index (χ4n) is 3.29. The van der Waals surface area contributed by atoms with E-state index in [4.69, 9.17) is 9.47 Å². The van der Waals surface area contributed by atoms with Crippen molar-refractivity contribution in [1.82, 2.24) is 15.3 Å². The van der Waals surface area contributed by atoms with E-state index in [0.29, 0.717) is 25.5 Å². The first-order valence-electron chi connectivity index (χ1n) is 9.50. The summed E-state index contributed by atoms with van der Waals surface area (Å²) in [5.74, 6) is 1.65. The zero-order chi connectivity index (χ0) is 19.5. The lowest BCUT2D eigenvalue weighted by atomic mass is 10.0. The number of hydrogen-bond donors (Lipinski definition) is 1. The molecule has 28 heavy (non-hydrogen) atoms. The molecule has 144 valence electrons. The zero-order valence-corrected chi connectivity index (χ0v) is 16.0. The third-order valence-corrected chi connectivity index (χ3v) is 4.65. The second-order valence-corrected chi connectivity index (χ2v) is 7.28. The molecule has 6 nitrogen and oxygen atoms in total. The highest BCUT2D eigenvalue weighted by atomic mass is 16.5. The van der Waals surface area contributed by atoms with E-state index < -0.39 is 0 Å². The highest BCUT2D eigenvalue weighted by molar-refractivity contribution is 5.90. The smallest absolute Gasteiger partial charge is 0.220 e. The first-order chi connectivity index (χ1) is 13.6. The summed E-state index contributed by atoms with van der Waals surface area (Å²) >= 11 is 0. The van der Waals surface area contributed by atoms with Gasteiger partial charge in [-0.15, -0.1) is 0 Å². The molecule has 1 aromatic carbocycles. The molecule has 3 aromatic rings. The molecule has 1 aliphatic heterocycles. The van der Waals surface area contributed by atoms with Crippen molar-refractivity contribution in [2.24, 2.45) is 5.92 Å². The van der Waals surface area contributed by atoms with E-state index in [1.54, 1.807) is 12.4 Å². The Balaban J connectivity index is 1.62. The Hall–Kier alpha value is -3.15. The Kier molecular flexibility index (Phi) is 5.10. The zero-order valence-electron chi connectivity index (χ0n) is 16.0. The van der Waals surface area contributed by atoms with Crippen molar-refractivity contribution in [2.75, 3.05) is 13.2 Å². The minimum absolute atomic E-state index is 0.0835. The number of ether oxygens (including phenoxy) is 2. The van der Waals surface area contributed by atoms with E-state index in [1.807, 2.05) is 50.2 Å². The molecule has 0 spiro atoms. The summed E-state index contributed by atoms with van der Waals surface area (Å²) in [4.78, 5) is 20.3. The molecular weight excluding hydrogens is 354 g/mol. The van der Waals surface area contributed by atoms with E-state index in [2.05, 4.69) is 15.3 Å². The quantitative estimate of drug-likeness (QED) is 0.711. The van der Waals surface area contributed by atoms with Gasteiger partial charge >= 0.3 is 0 Å². The topological polar surface area (TPSA) is 73.3 Å². The van der Waals surface area contributed by atoms with Crippen molar-refractivity contribution >= 4 is 16.8 Å². The number of amides is 1. The lowest BCUT2D eigenvalue weighted by Gasteiger charge is -2.14. The summed E-state index contributed by atoms with van der Waals surface area (Å²) < 4.78 is 11.7. The van der Waals surface area contributed by atoms with E-state index in [0.717, 1.165) is 27.8 Å². The molecule has 1 amide bonds. The maximum absolute atomic E-state index is 11.4. The molecule has 1 unspecified atom stereocenters. The molecular formula is C22H23N3O3. The van der Waals surface area contributed by atoms with Crippen molar-refractivity contribution in [3.05, 3.63) is 48.8 Å². The normalized spacial score (nSPS) is 16.4. The molecule has 0 radical (unpaired) electrons. The number of hydrogen-bond acceptors (Lipinski definition) is 5. The average molecular weight is 377 g/mol. The highest BCUT2D eigenvalue weighted by Gasteiger charge is 2.22. The Labute approximate surface area is 163 Å². The van der Waals surface area contributed by atoms with Gasteiger partial charge in [-0.25, -0.2) is 4.98 Å². The molecule has 4 rings (SSSR count). The molecule has 1 saturated heterocycles. The van der Waals surface area contributed by atoms with Crippen molar-refractivity contribution in [2.45, 2.75) is 26.4 Å². The molecule has 0 saturated carbocycles. The summed E-state index contributed by atoms with van der Waals surface area (Å²) in [5, 5.41) is 3.80. The van der Waals surface area contributed by atoms with Crippen molar-refractivity contribution in [3.63, 3.8) is 0 Å². The maximum Gasteiger partial charge on any atom is 0.220 e. The van der Waals surface area contributed by atoms with Gasteiger partial charge in [0.2, 0.25) is 11.8 Å². The fourth-order valence-corrected chi connectivity index (χ4v) is 3.29. The standard InChI is InChI=1S/C22H23N3O3/c1-14(2)28-22-6-5-16(12-25-22)17-9-19-18(4-3-7-23-19)20(10-17)27-13-15-8-21(26)24-11-15/h3-7,9-10,12,14-15H,8,11,13H2,1-2H3,(H,24,26). The van der Waals surface area contributed by atoms with Gasteiger partial charge in [-0.1, -0.05) is 0 Å². The van der Waals surface area contributed by atoms with Gasteiger partial charge in [0.1, 0.15) is 5.75 Å². The largest absolute Gasteiger partial charge is 0.492 e. The van der Waals surface area contributed by atoms with Gasteiger partial charge in [-0.2, -0.15) is 0 Å². The monoisotopic (exact) mass is 377 g/mol. The third kappa shape index (κ3) is 4.06. The van der Waals surface area contributed by atoms with Crippen LogP contribution in [-0.2, 0) is 4.79 Å². The Morgan fingerprint density at radius 2 is 2.07 bits per heavy atom. The summed E-state index contributed by atoms with van der Waals surface area (Å²) in [6, 6.07) is 11.8. The lowest BCUT2D eigenvalue weighted by molar-refractivity contribution is -0.119. The summed E-state index contributed by atoms with van der Waals surface area (Å²) in [5.41, 5.74) is 2.80. The van der Waals surface area contributed by atoms with E-state index in [9.17, 15) is 4.79 Å². The van der Waals surface area contributed by atoms with Crippen molar-refractivity contribution in [3.8, 4) is 22.8 Å². The number of carbonyl (C=O) groups excluding carboxylic acids is 1. The predicted octanol–water partition coefficient (Wildman–Crippen LogP) is 3.60. The number of nitrogens with zero attached hydrogens (tertiary/aromatic N) is 2. The molecule has 0 aliphatic carbocycles. The average Bonchev–Trinajstić information content (AvgIpc) is 3.11. The van der Waals surface area contributed by atoms with Crippen molar-refractivity contribution < 1.29 is 14.3 Å². The van der Waals surface area contributed by atoms with Gasteiger partial charge in [0.15, 0.2) is 0 Å². The van der Waals surface area contributed by atoms with Crippen LogP contribution in [0.3, 0.4) is 0 Å². The Morgan fingerprint density at radius 3 is 2.79 bits per heavy atom. The third-order valence-electron chi connectivity index (χ3n) is 4.65. The van der Waals surface area contributed by atoms with Crippen LogP contribution in [0.25, 0.3) is 22.0 Å². The summed E-state index contributed by atoms with van der Waals surface area (Å²) in [6.07, 6.45) is 4.16. The van der Waals surface area contributed by atoms with Crippen LogP contribution >= 0.6 is 0 Å². The van der Waals surface area contributed by atoms with Crippen LogP contribution in [0, 0.1) is 5.92 Å². The minimum atomic E-state index is 0.0835. The van der Waals surface area contributed by atoms with Crippen LogP contribution < -0.4 is 14.8 Å². The van der Waals surface area contributed by atoms with Crippen LogP contribution in [0.2, 0.25) is 0 Å². The Bertz CT molecular complexity index is 986. The summed E-state index contributed by atoms with van der Waals surface area (Å²) in [6.45, 7) is 5.10. The number of rotatable bonds is 6. The van der Waals surface area contributed by atoms with Crippen LogP contribution in [0.4, 0.5) is 0 Å². The SMILES string of the molecule is CC(C)Oc1ccc(-c2cc(OCC3CNC(=O)C3)c3cccnc3c2)cn1. The lowest BCUT2D eigenvalue weighted by Crippen LogP contribution is -2.16. The number of aromatic nitrogens is 2. The van der Waals surface area contributed by atoms with Gasteiger partial charge in [-0.3, -0.25) is 9.78 Å². The van der Waals surface area contributed by atoms with Crippen LogP contribution in [0.5, 0.6) is 11.6 Å². The number of carbonyl (C=O) groups is 1. The second-order valence-electron chi connectivity index (χ2n) is 7.28.